The SMILES string of the molecule is COCCN(C(=O)Cc1coc2cc3c(cc12)CCC3)C1CCS(=O)(=O)C1. The van der Waals surface area contributed by atoms with Crippen LogP contribution in [-0.4, -0.2) is 57.0 Å². The van der Waals surface area contributed by atoms with Gasteiger partial charge in [-0.25, -0.2) is 8.42 Å². The van der Waals surface area contributed by atoms with Crippen molar-refractivity contribution >= 4 is 26.7 Å². The Labute approximate surface area is 159 Å². The van der Waals surface area contributed by atoms with Crippen LogP contribution >= 0.6 is 0 Å². The van der Waals surface area contributed by atoms with E-state index >= 15 is 0 Å². The van der Waals surface area contributed by atoms with Gasteiger partial charge in [0.15, 0.2) is 9.84 Å². The second-order valence-corrected chi connectivity index (χ2v) is 9.77. The minimum atomic E-state index is -3.06. The lowest BCUT2D eigenvalue weighted by Gasteiger charge is -2.28. The van der Waals surface area contributed by atoms with Gasteiger partial charge < -0.3 is 14.1 Å². The van der Waals surface area contributed by atoms with Crippen LogP contribution in [0.4, 0.5) is 0 Å². The lowest BCUT2D eigenvalue weighted by atomic mass is 10.0. The molecule has 1 saturated heterocycles. The summed E-state index contributed by atoms with van der Waals surface area (Å²) >= 11 is 0. The van der Waals surface area contributed by atoms with Crippen LogP contribution in [0.25, 0.3) is 11.0 Å². The van der Waals surface area contributed by atoms with Crippen LogP contribution < -0.4 is 0 Å². The Morgan fingerprint density at radius 1 is 1.30 bits per heavy atom. The molecule has 0 bridgehead atoms. The van der Waals surface area contributed by atoms with Crippen LogP contribution in [0.1, 0.15) is 29.5 Å². The fourth-order valence-electron chi connectivity index (χ4n) is 4.27. The first-order chi connectivity index (χ1) is 13.0. The van der Waals surface area contributed by atoms with Crippen LogP contribution in [0.15, 0.2) is 22.8 Å². The Morgan fingerprint density at radius 3 is 2.78 bits per heavy atom. The minimum Gasteiger partial charge on any atom is -0.464 e. The van der Waals surface area contributed by atoms with E-state index in [0.717, 1.165) is 35.8 Å². The Hall–Kier alpha value is -1.86. The summed E-state index contributed by atoms with van der Waals surface area (Å²) in [5.41, 5.74) is 4.38. The molecule has 0 radical (unpaired) electrons. The monoisotopic (exact) mass is 391 g/mol. The molecule has 1 fully saturated rings. The van der Waals surface area contributed by atoms with Crippen LogP contribution in [0.5, 0.6) is 0 Å². The molecule has 2 aliphatic rings. The van der Waals surface area contributed by atoms with Crippen LogP contribution in [0, 0.1) is 0 Å². The van der Waals surface area contributed by atoms with Crippen molar-refractivity contribution in [3.05, 3.63) is 35.1 Å². The maximum absolute atomic E-state index is 13.0. The second-order valence-electron chi connectivity index (χ2n) is 7.55. The van der Waals surface area contributed by atoms with Crippen molar-refractivity contribution in [3.63, 3.8) is 0 Å². The number of aryl methyl sites for hydroxylation is 2. The van der Waals surface area contributed by atoms with Gasteiger partial charge >= 0.3 is 0 Å². The molecule has 0 N–H and O–H groups in total. The number of hydrogen-bond donors (Lipinski definition) is 0. The summed E-state index contributed by atoms with van der Waals surface area (Å²) in [5, 5.41) is 0.995. The van der Waals surface area contributed by atoms with E-state index in [-0.39, 0.29) is 29.9 Å². The van der Waals surface area contributed by atoms with Gasteiger partial charge in [-0.05, 0) is 48.9 Å². The van der Waals surface area contributed by atoms with E-state index in [1.807, 2.05) is 0 Å². The van der Waals surface area contributed by atoms with Gasteiger partial charge in [0.05, 0.1) is 30.8 Å². The predicted molar refractivity (Wildman–Crippen MR) is 103 cm³/mol. The highest BCUT2D eigenvalue weighted by molar-refractivity contribution is 7.91. The third-order valence-corrected chi connectivity index (χ3v) is 7.47. The molecule has 1 aromatic heterocycles. The van der Waals surface area contributed by atoms with E-state index in [9.17, 15) is 13.2 Å². The first-order valence-electron chi connectivity index (χ1n) is 9.47. The molecule has 146 valence electrons. The van der Waals surface area contributed by atoms with Gasteiger partial charge in [-0.2, -0.15) is 0 Å². The molecule has 1 atom stereocenters. The molecular weight excluding hydrogens is 366 g/mol. The van der Waals surface area contributed by atoms with Gasteiger partial charge in [-0.3, -0.25) is 4.79 Å². The highest BCUT2D eigenvalue weighted by Gasteiger charge is 2.34. The largest absolute Gasteiger partial charge is 0.464 e. The molecule has 7 heteroatoms. The number of nitrogens with zero attached hydrogens (tertiary/aromatic N) is 1. The number of carbonyl (C=O) groups excluding carboxylic acids is 1. The molecule has 1 aliphatic heterocycles. The number of furan rings is 1. The third kappa shape index (κ3) is 3.75. The van der Waals surface area contributed by atoms with E-state index in [1.165, 1.54) is 11.1 Å². The molecule has 6 nitrogen and oxygen atoms in total. The molecule has 27 heavy (non-hydrogen) atoms. The summed E-state index contributed by atoms with van der Waals surface area (Å²) in [5.74, 6) is 0.120. The van der Waals surface area contributed by atoms with Crippen molar-refractivity contribution in [2.24, 2.45) is 0 Å². The molecule has 1 aliphatic carbocycles. The Balaban J connectivity index is 1.56. The number of ether oxygens (including phenoxy) is 1. The predicted octanol–water partition coefficient (Wildman–Crippen LogP) is 2.13. The molecule has 0 saturated carbocycles. The molecule has 2 heterocycles. The molecule has 1 unspecified atom stereocenters. The number of rotatable bonds is 6. The fraction of sp³-hybridized carbons (Fsp3) is 0.550. The molecular formula is C20H25NO5S. The zero-order valence-corrected chi connectivity index (χ0v) is 16.4. The Kier molecular flexibility index (Phi) is 4.99. The molecule has 1 amide bonds. The van der Waals surface area contributed by atoms with Gasteiger partial charge in [-0.1, -0.05) is 0 Å². The van der Waals surface area contributed by atoms with E-state index < -0.39 is 9.84 Å². The number of methoxy groups -OCH3 is 1. The first-order valence-corrected chi connectivity index (χ1v) is 11.3. The van der Waals surface area contributed by atoms with Crippen molar-refractivity contribution < 1.29 is 22.4 Å². The minimum absolute atomic E-state index is 0.0437. The molecule has 2 aromatic rings. The smallest absolute Gasteiger partial charge is 0.227 e. The van der Waals surface area contributed by atoms with Crippen LogP contribution in [0.2, 0.25) is 0 Å². The van der Waals surface area contributed by atoms with Gasteiger partial charge in [0, 0.05) is 30.6 Å². The number of benzene rings is 1. The Bertz CT molecular complexity index is 962. The van der Waals surface area contributed by atoms with Crippen molar-refractivity contribution in [2.45, 2.75) is 38.1 Å². The quantitative estimate of drug-likeness (QED) is 0.754. The summed E-state index contributed by atoms with van der Waals surface area (Å²) in [6.45, 7) is 0.794. The standard InChI is InChI=1S/C20H25NO5S/c1-25-7-6-21(17-5-8-27(23,24)13-17)20(22)11-16-12-26-19-10-15-4-2-3-14(15)9-18(16)19/h9-10,12,17H,2-8,11,13H2,1H3. The summed E-state index contributed by atoms with van der Waals surface area (Å²) in [6.07, 6.45) is 5.70. The first kappa shape index (κ1) is 18.5. The fourth-order valence-corrected chi connectivity index (χ4v) is 6.00. The topological polar surface area (TPSA) is 76.8 Å². The zero-order chi connectivity index (χ0) is 19.0. The highest BCUT2D eigenvalue weighted by Crippen LogP contribution is 2.31. The van der Waals surface area contributed by atoms with Gasteiger partial charge in [0.1, 0.15) is 5.58 Å². The summed E-state index contributed by atoms with van der Waals surface area (Å²) in [6, 6.07) is 3.99. The summed E-state index contributed by atoms with van der Waals surface area (Å²) < 4.78 is 34.5. The average molecular weight is 391 g/mol. The molecule has 1 aromatic carbocycles. The normalized spacial score (nSPS) is 20.9. The van der Waals surface area contributed by atoms with Gasteiger partial charge in [0.2, 0.25) is 5.91 Å². The zero-order valence-electron chi connectivity index (χ0n) is 15.6. The number of carbonyl (C=O) groups is 1. The lowest BCUT2D eigenvalue weighted by Crippen LogP contribution is -2.43. The van der Waals surface area contributed by atoms with Crippen LogP contribution in [-0.2, 0) is 38.6 Å². The number of amides is 1. The van der Waals surface area contributed by atoms with Crippen molar-refractivity contribution in [1.29, 1.82) is 0 Å². The number of fused-ring (bicyclic) bond motifs is 2. The van der Waals surface area contributed by atoms with Crippen molar-refractivity contribution in [3.8, 4) is 0 Å². The van der Waals surface area contributed by atoms with Crippen LogP contribution in [0.3, 0.4) is 0 Å². The molecule has 0 spiro atoms. The van der Waals surface area contributed by atoms with Crippen molar-refractivity contribution in [2.75, 3.05) is 31.8 Å². The third-order valence-electron chi connectivity index (χ3n) is 5.72. The summed E-state index contributed by atoms with van der Waals surface area (Å²) in [7, 11) is -1.47. The van der Waals surface area contributed by atoms with E-state index in [4.69, 9.17) is 9.15 Å². The Morgan fingerprint density at radius 2 is 2.07 bits per heavy atom. The van der Waals surface area contributed by atoms with Gasteiger partial charge in [-0.15, -0.1) is 0 Å². The number of hydrogen-bond acceptors (Lipinski definition) is 5. The highest BCUT2D eigenvalue weighted by atomic mass is 32.2. The van der Waals surface area contributed by atoms with Gasteiger partial charge in [0.25, 0.3) is 0 Å². The van der Waals surface area contributed by atoms with Crippen molar-refractivity contribution in [1.82, 2.24) is 4.90 Å². The molecule has 4 rings (SSSR count). The maximum atomic E-state index is 13.0. The lowest BCUT2D eigenvalue weighted by molar-refractivity contribution is -0.133. The second kappa shape index (κ2) is 7.28. The van der Waals surface area contributed by atoms with E-state index in [0.29, 0.717) is 19.6 Å². The maximum Gasteiger partial charge on any atom is 0.227 e. The number of sulfone groups is 1. The average Bonchev–Trinajstić information content (AvgIpc) is 3.32. The van der Waals surface area contributed by atoms with E-state index in [1.54, 1.807) is 18.3 Å². The van der Waals surface area contributed by atoms with E-state index in [2.05, 4.69) is 12.1 Å². The summed E-state index contributed by atoms with van der Waals surface area (Å²) in [4.78, 5) is 14.7.